The van der Waals surface area contributed by atoms with E-state index in [2.05, 4.69) is 10.1 Å². The number of rotatable bonds is 6. The molecule has 0 aliphatic carbocycles. The van der Waals surface area contributed by atoms with Gasteiger partial charge in [0.05, 0.1) is 14.2 Å². The summed E-state index contributed by atoms with van der Waals surface area (Å²) in [6, 6.07) is 7.60. The average molecular weight is 351 g/mol. The molecule has 8 heteroatoms. The number of carbonyl (C=O) groups excluding carboxylic acids is 2. The molecule has 2 aromatic rings. The number of ether oxygens (including phenoxy) is 3. The van der Waals surface area contributed by atoms with Crippen LogP contribution in [0, 0.1) is 11.6 Å². The molecule has 0 fully saturated rings. The molecule has 0 aliphatic rings. The van der Waals surface area contributed by atoms with Crippen LogP contribution in [0.15, 0.2) is 36.4 Å². The van der Waals surface area contributed by atoms with Crippen molar-refractivity contribution in [3.8, 4) is 11.5 Å². The number of hydrogen-bond donors (Lipinski definition) is 1. The summed E-state index contributed by atoms with van der Waals surface area (Å²) in [5.41, 5.74) is -0.475. The van der Waals surface area contributed by atoms with Crippen LogP contribution in [-0.2, 0) is 9.53 Å². The molecule has 25 heavy (non-hydrogen) atoms. The maximum Gasteiger partial charge on any atom is 0.344 e. The Morgan fingerprint density at radius 3 is 2.24 bits per heavy atom. The molecule has 0 aromatic heterocycles. The van der Waals surface area contributed by atoms with Gasteiger partial charge in [-0.3, -0.25) is 4.79 Å². The lowest BCUT2D eigenvalue weighted by Crippen LogP contribution is -2.22. The van der Waals surface area contributed by atoms with Gasteiger partial charge in [0.1, 0.15) is 17.2 Å². The molecule has 0 saturated heterocycles. The summed E-state index contributed by atoms with van der Waals surface area (Å²) in [7, 11) is 2.91. The minimum absolute atomic E-state index is 0.371. The van der Waals surface area contributed by atoms with E-state index in [0.717, 1.165) is 18.2 Å². The SMILES string of the molecule is COc1ccc(NC(=O)COC(=O)c2c(F)cccc2F)cc1OC. The Hall–Kier alpha value is -3.16. The van der Waals surface area contributed by atoms with Crippen molar-refractivity contribution in [2.75, 3.05) is 26.1 Å². The van der Waals surface area contributed by atoms with Gasteiger partial charge in [0.2, 0.25) is 0 Å². The van der Waals surface area contributed by atoms with Crippen LogP contribution < -0.4 is 14.8 Å². The lowest BCUT2D eigenvalue weighted by atomic mass is 10.2. The first-order valence-electron chi connectivity index (χ1n) is 7.09. The topological polar surface area (TPSA) is 73.9 Å². The maximum atomic E-state index is 13.5. The van der Waals surface area contributed by atoms with Crippen molar-refractivity contribution < 1.29 is 32.6 Å². The molecule has 1 N–H and O–H groups in total. The zero-order valence-corrected chi connectivity index (χ0v) is 13.5. The fourth-order valence-corrected chi connectivity index (χ4v) is 2.01. The Morgan fingerprint density at radius 1 is 1.00 bits per heavy atom. The van der Waals surface area contributed by atoms with Crippen LogP contribution in [0.2, 0.25) is 0 Å². The van der Waals surface area contributed by atoms with E-state index in [1.165, 1.54) is 20.3 Å². The van der Waals surface area contributed by atoms with Crippen molar-refractivity contribution in [2.24, 2.45) is 0 Å². The monoisotopic (exact) mass is 351 g/mol. The third kappa shape index (κ3) is 4.43. The van der Waals surface area contributed by atoms with Crippen molar-refractivity contribution in [1.82, 2.24) is 0 Å². The van der Waals surface area contributed by atoms with Crippen LogP contribution in [-0.4, -0.2) is 32.7 Å². The van der Waals surface area contributed by atoms with Gasteiger partial charge in [0.15, 0.2) is 18.1 Å². The Morgan fingerprint density at radius 2 is 1.64 bits per heavy atom. The average Bonchev–Trinajstić information content (AvgIpc) is 2.59. The van der Waals surface area contributed by atoms with E-state index in [1.807, 2.05) is 0 Å². The number of methoxy groups -OCH3 is 2. The standard InChI is InChI=1S/C17H15F2NO5/c1-23-13-7-6-10(8-14(13)24-2)20-15(21)9-25-17(22)16-11(18)4-3-5-12(16)19/h3-8H,9H2,1-2H3,(H,20,21). The summed E-state index contributed by atoms with van der Waals surface area (Å²) < 4.78 is 41.7. The van der Waals surface area contributed by atoms with Crippen LogP contribution >= 0.6 is 0 Å². The second kappa shape index (κ2) is 8.09. The number of anilines is 1. The van der Waals surface area contributed by atoms with Gasteiger partial charge in [0, 0.05) is 11.8 Å². The Balaban J connectivity index is 1.98. The molecule has 2 rings (SSSR count). The summed E-state index contributed by atoms with van der Waals surface area (Å²) >= 11 is 0. The zero-order valence-electron chi connectivity index (χ0n) is 13.5. The molecule has 1 amide bonds. The van der Waals surface area contributed by atoms with Gasteiger partial charge in [-0.25, -0.2) is 13.6 Å². The highest BCUT2D eigenvalue weighted by Crippen LogP contribution is 2.29. The van der Waals surface area contributed by atoms with E-state index < -0.39 is 35.7 Å². The van der Waals surface area contributed by atoms with Gasteiger partial charge >= 0.3 is 5.97 Å². The molecule has 0 saturated carbocycles. The van der Waals surface area contributed by atoms with Crippen molar-refractivity contribution >= 4 is 17.6 Å². The number of amides is 1. The highest BCUT2D eigenvalue weighted by molar-refractivity contribution is 5.95. The van der Waals surface area contributed by atoms with Crippen molar-refractivity contribution in [1.29, 1.82) is 0 Å². The summed E-state index contributed by atoms with van der Waals surface area (Å²) in [6.07, 6.45) is 0. The molecule has 0 spiro atoms. The van der Waals surface area contributed by atoms with Gasteiger partial charge in [-0.2, -0.15) is 0 Å². The Bertz CT molecular complexity index is 774. The van der Waals surface area contributed by atoms with Crippen molar-refractivity contribution in [3.05, 3.63) is 53.6 Å². The summed E-state index contributed by atoms with van der Waals surface area (Å²) in [5.74, 6) is -3.21. The highest BCUT2D eigenvalue weighted by Gasteiger charge is 2.19. The molecule has 0 unspecified atom stereocenters. The largest absolute Gasteiger partial charge is 0.493 e. The van der Waals surface area contributed by atoms with Crippen LogP contribution in [0.1, 0.15) is 10.4 Å². The minimum Gasteiger partial charge on any atom is -0.493 e. The van der Waals surface area contributed by atoms with Gasteiger partial charge in [-0.15, -0.1) is 0 Å². The van der Waals surface area contributed by atoms with E-state index >= 15 is 0 Å². The first kappa shape index (κ1) is 18.2. The lowest BCUT2D eigenvalue weighted by Gasteiger charge is -2.11. The number of esters is 1. The second-order valence-corrected chi connectivity index (χ2v) is 4.79. The summed E-state index contributed by atoms with van der Waals surface area (Å²) in [6.45, 7) is -0.707. The predicted molar refractivity (Wildman–Crippen MR) is 84.8 cm³/mol. The second-order valence-electron chi connectivity index (χ2n) is 4.79. The number of carbonyl (C=O) groups is 2. The van der Waals surface area contributed by atoms with Crippen LogP contribution in [0.3, 0.4) is 0 Å². The van der Waals surface area contributed by atoms with Crippen LogP contribution in [0.5, 0.6) is 11.5 Å². The fraction of sp³-hybridized carbons (Fsp3) is 0.176. The molecule has 0 radical (unpaired) electrons. The molecule has 0 bridgehead atoms. The smallest absolute Gasteiger partial charge is 0.344 e. The van der Waals surface area contributed by atoms with Crippen LogP contribution in [0.4, 0.5) is 14.5 Å². The lowest BCUT2D eigenvalue weighted by molar-refractivity contribution is -0.119. The molecule has 2 aromatic carbocycles. The van der Waals surface area contributed by atoms with Gasteiger partial charge in [0.25, 0.3) is 5.91 Å². The van der Waals surface area contributed by atoms with Crippen molar-refractivity contribution in [2.45, 2.75) is 0 Å². The zero-order chi connectivity index (χ0) is 18.4. The predicted octanol–water partition coefficient (Wildman–Crippen LogP) is 2.78. The molecule has 0 atom stereocenters. The van der Waals surface area contributed by atoms with Crippen molar-refractivity contribution in [3.63, 3.8) is 0 Å². The Kier molecular flexibility index (Phi) is 5.89. The molecule has 0 aliphatic heterocycles. The quantitative estimate of drug-likeness (QED) is 0.810. The first-order chi connectivity index (χ1) is 12.0. The van der Waals surface area contributed by atoms with E-state index in [4.69, 9.17) is 9.47 Å². The first-order valence-corrected chi connectivity index (χ1v) is 7.09. The summed E-state index contributed by atoms with van der Waals surface area (Å²) in [5, 5.41) is 2.46. The molecule has 6 nitrogen and oxygen atoms in total. The van der Waals surface area contributed by atoms with E-state index in [9.17, 15) is 18.4 Å². The summed E-state index contributed by atoms with van der Waals surface area (Å²) in [4.78, 5) is 23.5. The molecular formula is C17H15F2NO5. The number of benzene rings is 2. The molecular weight excluding hydrogens is 336 g/mol. The number of halogens is 2. The highest BCUT2D eigenvalue weighted by atomic mass is 19.1. The van der Waals surface area contributed by atoms with Crippen LogP contribution in [0.25, 0.3) is 0 Å². The third-order valence-corrected chi connectivity index (χ3v) is 3.17. The number of nitrogens with one attached hydrogen (secondary N) is 1. The molecule has 132 valence electrons. The number of hydrogen-bond acceptors (Lipinski definition) is 5. The normalized spacial score (nSPS) is 10.1. The van der Waals surface area contributed by atoms with Gasteiger partial charge in [-0.05, 0) is 24.3 Å². The fourth-order valence-electron chi connectivity index (χ4n) is 2.01. The van der Waals surface area contributed by atoms with E-state index in [0.29, 0.717) is 17.2 Å². The minimum atomic E-state index is -1.27. The maximum absolute atomic E-state index is 13.5. The van der Waals surface area contributed by atoms with E-state index in [1.54, 1.807) is 12.1 Å². The molecule has 0 heterocycles. The van der Waals surface area contributed by atoms with Gasteiger partial charge < -0.3 is 19.5 Å². The van der Waals surface area contributed by atoms with Gasteiger partial charge in [-0.1, -0.05) is 6.07 Å². The third-order valence-electron chi connectivity index (χ3n) is 3.17. The van der Waals surface area contributed by atoms with E-state index in [-0.39, 0.29) is 0 Å². The Labute approximate surface area is 142 Å².